The predicted octanol–water partition coefficient (Wildman–Crippen LogP) is 4.79. The quantitative estimate of drug-likeness (QED) is 0.332. The number of unbranched alkanes of at least 4 members (excludes halogenated alkanes) is 2. The van der Waals surface area contributed by atoms with Crippen molar-refractivity contribution in [3.8, 4) is 0 Å². The molecule has 0 aromatic heterocycles. The van der Waals surface area contributed by atoms with Gasteiger partial charge in [0.05, 0.1) is 33.0 Å². The summed E-state index contributed by atoms with van der Waals surface area (Å²) < 4.78 is 46.5. The second-order valence-corrected chi connectivity index (χ2v) is 10.6. The summed E-state index contributed by atoms with van der Waals surface area (Å²) in [5.41, 5.74) is -1.78. The fourth-order valence-electron chi connectivity index (χ4n) is 2.37. The van der Waals surface area contributed by atoms with Gasteiger partial charge in [-0.1, -0.05) is 26.7 Å². The van der Waals surface area contributed by atoms with Gasteiger partial charge in [0.2, 0.25) is 0 Å². The first kappa shape index (κ1) is 27.3. The van der Waals surface area contributed by atoms with Gasteiger partial charge in [-0.3, -0.25) is 13.6 Å². The Morgan fingerprint density at radius 1 is 1.00 bits per heavy atom. The van der Waals surface area contributed by atoms with E-state index in [9.17, 15) is 9.36 Å². The highest BCUT2D eigenvalue weighted by molar-refractivity contribution is 7.48. The average molecular weight is 454 g/mol. The van der Waals surface area contributed by atoms with Gasteiger partial charge in [-0.25, -0.2) is 9.36 Å². The van der Waals surface area contributed by atoms with Crippen LogP contribution in [0.25, 0.3) is 0 Å². The van der Waals surface area contributed by atoms with E-state index >= 15 is 0 Å². The lowest BCUT2D eigenvalue weighted by Crippen LogP contribution is -2.63. The van der Waals surface area contributed by atoms with Crippen LogP contribution in [0.5, 0.6) is 0 Å². The minimum Gasteiger partial charge on any atom is -0.444 e. The summed E-state index contributed by atoms with van der Waals surface area (Å²) in [6.07, 6.45) is 2.58. The van der Waals surface area contributed by atoms with Crippen LogP contribution in [0.1, 0.15) is 74.1 Å². The van der Waals surface area contributed by atoms with E-state index in [0.717, 1.165) is 25.7 Å². The van der Waals surface area contributed by atoms with Gasteiger partial charge in [-0.2, -0.15) is 0 Å². The third-order valence-electron chi connectivity index (χ3n) is 4.15. The summed E-state index contributed by atoms with van der Waals surface area (Å²) in [4.78, 5) is 12.4. The van der Waals surface area contributed by atoms with Gasteiger partial charge in [-0.05, 0) is 47.5 Å². The van der Waals surface area contributed by atoms with E-state index in [1.165, 1.54) is 0 Å². The first-order valence-electron chi connectivity index (χ1n) is 10.7. The summed E-state index contributed by atoms with van der Waals surface area (Å²) in [6, 6.07) is 0. The number of hydrogen-bond donors (Lipinski definition) is 1. The van der Waals surface area contributed by atoms with Crippen molar-refractivity contribution in [2.45, 2.75) is 91.1 Å². The molecule has 1 N–H and O–H groups in total. The van der Waals surface area contributed by atoms with Gasteiger partial charge >= 0.3 is 13.9 Å². The van der Waals surface area contributed by atoms with Crippen molar-refractivity contribution in [2.75, 3.05) is 33.0 Å². The molecule has 0 unspecified atom stereocenters. The van der Waals surface area contributed by atoms with E-state index < -0.39 is 30.8 Å². The lowest BCUT2D eigenvalue weighted by Gasteiger charge is -2.43. The number of phosphoric acid groups is 1. The topological polar surface area (TPSA) is 102 Å². The lowest BCUT2D eigenvalue weighted by molar-refractivity contribution is -0.273. The van der Waals surface area contributed by atoms with Crippen molar-refractivity contribution in [1.82, 2.24) is 5.32 Å². The Labute approximate surface area is 181 Å². The minimum absolute atomic E-state index is 0.0865. The van der Waals surface area contributed by atoms with E-state index in [1.807, 2.05) is 13.8 Å². The number of carbonyl (C=O) groups is 1. The molecule has 0 spiro atoms. The molecule has 0 atom stereocenters. The van der Waals surface area contributed by atoms with Crippen molar-refractivity contribution in [3.63, 3.8) is 0 Å². The zero-order valence-electron chi connectivity index (χ0n) is 19.6. The number of hydrogen-bond acceptors (Lipinski definition) is 8. The number of ether oxygens (including phenoxy) is 3. The standard InChI is InChI=1S/C20H40NO8P/c1-8-10-12-26-30(23,27-13-11-9-2)28-16-20(14-24-19(6,7)25-15-20)21-17(22)29-18(3,4)5/h8-16H2,1-7H3,(H,21,22). The van der Waals surface area contributed by atoms with Crippen LogP contribution in [0.2, 0.25) is 0 Å². The van der Waals surface area contributed by atoms with Crippen molar-refractivity contribution in [2.24, 2.45) is 0 Å². The third kappa shape index (κ3) is 10.6. The van der Waals surface area contributed by atoms with E-state index in [1.54, 1.807) is 34.6 Å². The highest BCUT2D eigenvalue weighted by Gasteiger charge is 2.44. The van der Waals surface area contributed by atoms with Gasteiger partial charge < -0.3 is 19.5 Å². The molecule has 1 fully saturated rings. The van der Waals surface area contributed by atoms with Crippen LogP contribution in [0, 0.1) is 0 Å². The fraction of sp³-hybridized carbons (Fsp3) is 0.950. The van der Waals surface area contributed by atoms with Gasteiger partial charge in [0.15, 0.2) is 5.79 Å². The summed E-state index contributed by atoms with van der Waals surface area (Å²) in [5.74, 6) is -0.807. The second-order valence-electron chi connectivity index (χ2n) is 8.98. The van der Waals surface area contributed by atoms with Crippen LogP contribution < -0.4 is 5.32 Å². The Morgan fingerprint density at radius 2 is 1.50 bits per heavy atom. The van der Waals surface area contributed by atoms with Crippen molar-refractivity contribution in [3.05, 3.63) is 0 Å². The summed E-state index contributed by atoms with van der Waals surface area (Å²) >= 11 is 0. The summed E-state index contributed by atoms with van der Waals surface area (Å²) in [5, 5.41) is 2.77. The molecule has 1 amide bonds. The highest BCUT2D eigenvalue weighted by atomic mass is 31.2. The van der Waals surface area contributed by atoms with E-state index in [4.69, 9.17) is 27.8 Å². The Hall–Kier alpha value is -0.700. The van der Waals surface area contributed by atoms with Gasteiger partial charge in [-0.15, -0.1) is 0 Å². The summed E-state index contributed by atoms with van der Waals surface area (Å²) in [7, 11) is -3.81. The number of carbonyl (C=O) groups excluding carboxylic acids is 1. The smallest absolute Gasteiger partial charge is 0.444 e. The molecule has 0 saturated carbocycles. The van der Waals surface area contributed by atoms with Crippen LogP contribution in [0.3, 0.4) is 0 Å². The number of phosphoric ester groups is 1. The molecule has 1 rings (SSSR count). The zero-order valence-corrected chi connectivity index (χ0v) is 20.5. The lowest BCUT2D eigenvalue weighted by atomic mass is 10.0. The van der Waals surface area contributed by atoms with Crippen LogP contribution >= 0.6 is 7.82 Å². The molecule has 178 valence electrons. The fourth-order valence-corrected chi connectivity index (χ4v) is 3.71. The molecule has 1 aliphatic rings. The van der Waals surface area contributed by atoms with Crippen molar-refractivity contribution >= 4 is 13.9 Å². The normalized spacial score (nSPS) is 18.8. The highest BCUT2D eigenvalue weighted by Crippen LogP contribution is 2.50. The molecular formula is C20H40NO8P. The monoisotopic (exact) mass is 453 g/mol. The molecule has 0 bridgehead atoms. The Kier molecular flexibility index (Phi) is 10.7. The Bertz CT molecular complexity index is 552. The van der Waals surface area contributed by atoms with Crippen LogP contribution in [0.4, 0.5) is 4.79 Å². The number of alkyl carbamates (subject to hydrolysis) is 1. The maximum absolute atomic E-state index is 13.1. The Balaban J connectivity index is 2.89. The number of amides is 1. The molecular weight excluding hydrogens is 413 g/mol. The minimum atomic E-state index is -3.81. The first-order chi connectivity index (χ1) is 13.8. The molecule has 9 nitrogen and oxygen atoms in total. The maximum atomic E-state index is 13.1. The third-order valence-corrected chi connectivity index (χ3v) is 5.59. The van der Waals surface area contributed by atoms with E-state index in [0.29, 0.717) is 0 Å². The zero-order chi connectivity index (χ0) is 22.9. The van der Waals surface area contributed by atoms with E-state index in [-0.39, 0.29) is 33.0 Å². The van der Waals surface area contributed by atoms with Crippen LogP contribution in [0.15, 0.2) is 0 Å². The van der Waals surface area contributed by atoms with E-state index in [2.05, 4.69) is 5.32 Å². The molecule has 10 heteroatoms. The van der Waals surface area contributed by atoms with Gasteiger partial charge in [0, 0.05) is 0 Å². The average Bonchev–Trinajstić information content (AvgIpc) is 2.62. The molecule has 0 aromatic carbocycles. The van der Waals surface area contributed by atoms with Crippen LogP contribution in [-0.4, -0.2) is 56.1 Å². The SMILES string of the molecule is CCCCOP(=O)(OCCCC)OCC1(NC(=O)OC(C)(C)C)COC(C)(C)OC1. The molecule has 1 aliphatic heterocycles. The molecule has 1 heterocycles. The Morgan fingerprint density at radius 3 is 1.93 bits per heavy atom. The number of nitrogens with one attached hydrogen (secondary N) is 1. The number of rotatable bonds is 12. The van der Waals surface area contributed by atoms with Gasteiger partial charge in [0.25, 0.3) is 0 Å². The molecule has 0 aliphatic carbocycles. The molecule has 1 saturated heterocycles. The second kappa shape index (κ2) is 11.8. The van der Waals surface area contributed by atoms with Crippen molar-refractivity contribution in [1.29, 1.82) is 0 Å². The summed E-state index contributed by atoms with van der Waals surface area (Å²) in [6.45, 7) is 13.4. The maximum Gasteiger partial charge on any atom is 0.474 e. The molecule has 0 aromatic rings. The van der Waals surface area contributed by atoms with Crippen molar-refractivity contribution < 1.29 is 37.1 Å². The predicted molar refractivity (Wildman–Crippen MR) is 113 cm³/mol. The largest absolute Gasteiger partial charge is 0.474 e. The van der Waals surface area contributed by atoms with Gasteiger partial charge in [0.1, 0.15) is 11.1 Å². The molecule has 30 heavy (non-hydrogen) atoms. The van der Waals surface area contributed by atoms with Crippen LogP contribution in [-0.2, 0) is 32.3 Å². The molecule has 0 radical (unpaired) electrons. The first-order valence-corrected chi connectivity index (χ1v) is 12.1.